The fourth-order valence-corrected chi connectivity index (χ4v) is 1.09. The van der Waals surface area contributed by atoms with Crippen molar-refractivity contribution >= 4 is 0 Å². The van der Waals surface area contributed by atoms with Crippen LogP contribution in [0.15, 0.2) is 37.0 Å². The van der Waals surface area contributed by atoms with Crippen molar-refractivity contribution in [3.8, 4) is 0 Å². The molecule has 0 aromatic carbocycles. The first-order chi connectivity index (χ1) is 6.16. The van der Waals surface area contributed by atoms with Crippen LogP contribution in [-0.4, -0.2) is 0 Å². The van der Waals surface area contributed by atoms with Crippen molar-refractivity contribution in [1.29, 1.82) is 0 Å². The van der Waals surface area contributed by atoms with Crippen LogP contribution < -0.4 is 0 Å². The van der Waals surface area contributed by atoms with Gasteiger partial charge < -0.3 is 0 Å². The van der Waals surface area contributed by atoms with Gasteiger partial charge in [0, 0.05) is 0 Å². The molecule has 0 aliphatic rings. The maximum Gasteiger partial charge on any atom is -0.0256 e. The molecular weight excluding hydrogens is 156 g/mol. The molecule has 0 spiro atoms. The Labute approximate surface area is 83.0 Å². The lowest BCUT2D eigenvalue weighted by Crippen LogP contribution is -1.87. The van der Waals surface area contributed by atoms with Crippen molar-refractivity contribution in [3.05, 3.63) is 37.0 Å². The lowest BCUT2D eigenvalue weighted by Gasteiger charge is -2.02. The van der Waals surface area contributed by atoms with Gasteiger partial charge in [-0.15, -0.1) is 0 Å². The monoisotopic (exact) mass is 178 g/mol. The molecule has 0 aromatic rings. The molecule has 0 heterocycles. The van der Waals surface area contributed by atoms with E-state index in [-0.39, 0.29) is 0 Å². The Bertz CT molecular complexity index is 172. The Kier molecular flexibility index (Phi) is 7.38. The van der Waals surface area contributed by atoms with Crippen LogP contribution in [0, 0.1) is 11.8 Å². The van der Waals surface area contributed by atoms with Crippen LogP contribution in [-0.2, 0) is 0 Å². The van der Waals surface area contributed by atoms with Crippen LogP contribution >= 0.6 is 0 Å². The van der Waals surface area contributed by atoms with Gasteiger partial charge in [0.1, 0.15) is 0 Å². The van der Waals surface area contributed by atoms with Crippen LogP contribution in [0.2, 0.25) is 0 Å². The zero-order valence-corrected chi connectivity index (χ0v) is 9.16. The minimum Gasteiger partial charge on any atom is -0.0991 e. The molecule has 0 heteroatoms. The Hall–Kier alpha value is -0.780. The highest BCUT2D eigenvalue weighted by Gasteiger charge is 1.93. The third-order valence-corrected chi connectivity index (χ3v) is 1.89. The smallest absolute Gasteiger partial charge is 0.0256 e. The molecule has 13 heavy (non-hydrogen) atoms. The molecule has 0 aliphatic heterocycles. The average molecular weight is 178 g/mol. The third-order valence-electron chi connectivity index (χ3n) is 1.89. The molecular formula is C13H22. The van der Waals surface area contributed by atoms with Crippen molar-refractivity contribution in [3.63, 3.8) is 0 Å². The second kappa shape index (κ2) is 7.85. The van der Waals surface area contributed by atoms with E-state index in [2.05, 4.69) is 45.6 Å². The summed E-state index contributed by atoms with van der Waals surface area (Å²) >= 11 is 0. The second-order valence-electron chi connectivity index (χ2n) is 3.85. The van der Waals surface area contributed by atoms with Gasteiger partial charge >= 0.3 is 0 Å². The molecule has 1 atom stereocenters. The van der Waals surface area contributed by atoms with Gasteiger partial charge in [0.05, 0.1) is 0 Å². The quantitative estimate of drug-likeness (QED) is 0.419. The first kappa shape index (κ1) is 12.2. The maximum atomic E-state index is 3.65. The summed E-state index contributed by atoms with van der Waals surface area (Å²) in [5, 5.41) is 0. The van der Waals surface area contributed by atoms with Crippen LogP contribution in [0.3, 0.4) is 0 Å². The predicted octanol–water partition coefficient (Wildman–Crippen LogP) is 4.36. The van der Waals surface area contributed by atoms with E-state index in [1.54, 1.807) is 0 Å². The number of hydrogen-bond donors (Lipinski definition) is 0. The van der Waals surface area contributed by atoms with Gasteiger partial charge in [-0.25, -0.2) is 0 Å². The molecule has 0 N–H and O–H groups in total. The summed E-state index contributed by atoms with van der Waals surface area (Å²) in [5.74, 6) is 1.34. The predicted molar refractivity (Wildman–Crippen MR) is 61.7 cm³/mol. The molecule has 0 nitrogen and oxygen atoms in total. The van der Waals surface area contributed by atoms with Crippen LogP contribution in [0.4, 0.5) is 0 Å². The van der Waals surface area contributed by atoms with E-state index in [0.29, 0.717) is 11.8 Å². The summed E-state index contributed by atoms with van der Waals surface area (Å²) in [6.07, 6.45) is 13.0. The standard InChI is InChI=1S/C13H22/c1-5-6-10-13(4)11-8-7-9-12(2)3/h5-7,9-10,12-13H,1,8,11H2,2-4H3. The van der Waals surface area contributed by atoms with E-state index in [1.165, 1.54) is 12.8 Å². The number of hydrogen-bond acceptors (Lipinski definition) is 0. The molecule has 1 unspecified atom stereocenters. The molecule has 0 amide bonds. The van der Waals surface area contributed by atoms with Crippen LogP contribution in [0.25, 0.3) is 0 Å². The molecule has 0 rings (SSSR count). The number of rotatable bonds is 6. The largest absolute Gasteiger partial charge is 0.0991 e. The summed E-state index contributed by atoms with van der Waals surface area (Å²) in [6.45, 7) is 10.3. The molecule has 0 saturated carbocycles. The normalized spacial score (nSPS) is 14.5. The van der Waals surface area contributed by atoms with Crippen molar-refractivity contribution in [2.45, 2.75) is 33.6 Å². The van der Waals surface area contributed by atoms with E-state index in [1.807, 2.05) is 12.2 Å². The van der Waals surface area contributed by atoms with Gasteiger partial charge in [0.15, 0.2) is 0 Å². The molecule has 0 saturated heterocycles. The van der Waals surface area contributed by atoms with Crippen molar-refractivity contribution in [2.75, 3.05) is 0 Å². The minimum atomic E-state index is 0.662. The Balaban J connectivity index is 3.52. The summed E-state index contributed by atoms with van der Waals surface area (Å²) in [6, 6.07) is 0. The molecule has 0 fully saturated rings. The first-order valence-corrected chi connectivity index (χ1v) is 5.12. The highest BCUT2D eigenvalue weighted by molar-refractivity contribution is 4.99. The van der Waals surface area contributed by atoms with Gasteiger partial charge in [-0.1, -0.05) is 57.7 Å². The molecule has 74 valence electrons. The summed E-state index contributed by atoms with van der Waals surface area (Å²) < 4.78 is 0. The fraction of sp³-hybridized carbons (Fsp3) is 0.538. The summed E-state index contributed by atoms with van der Waals surface area (Å²) in [7, 11) is 0. The Morgan fingerprint density at radius 3 is 2.38 bits per heavy atom. The molecule has 0 aromatic heterocycles. The highest BCUT2D eigenvalue weighted by atomic mass is 14.0. The van der Waals surface area contributed by atoms with Crippen molar-refractivity contribution in [2.24, 2.45) is 11.8 Å². The molecule has 0 aliphatic carbocycles. The minimum absolute atomic E-state index is 0.662. The second-order valence-corrected chi connectivity index (χ2v) is 3.85. The zero-order chi connectivity index (χ0) is 10.1. The average Bonchev–Trinajstić information content (AvgIpc) is 2.08. The lowest BCUT2D eigenvalue weighted by molar-refractivity contribution is 0.655. The topological polar surface area (TPSA) is 0 Å². The van der Waals surface area contributed by atoms with Crippen molar-refractivity contribution in [1.82, 2.24) is 0 Å². The van der Waals surface area contributed by atoms with Crippen LogP contribution in [0.5, 0.6) is 0 Å². The van der Waals surface area contributed by atoms with Gasteiger partial charge in [-0.2, -0.15) is 0 Å². The van der Waals surface area contributed by atoms with Crippen LogP contribution in [0.1, 0.15) is 33.6 Å². The lowest BCUT2D eigenvalue weighted by atomic mass is 10.0. The van der Waals surface area contributed by atoms with E-state index in [4.69, 9.17) is 0 Å². The molecule has 0 bridgehead atoms. The van der Waals surface area contributed by atoms with Gasteiger partial charge in [-0.05, 0) is 24.7 Å². The highest BCUT2D eigenvalue weighted by Crippen LogP contribution is 2.08. The summed E-state index contributed by atoms with van der Waals surface area (Å²) in [4.78, 5) is 0. The summed E-state index contributed by atoms with van der Waals surface area (Å²) in [5.41, 5.74) is 0. The van der Waals surface area contributed by atoms with Gasteiger partial charge in [-0.3, -0.25) is 0 Å². The number of allylic oxidation sites excluding steroid dienone is 5. The SMILES string of the molecule is C=CC=CC(C)CCC=CC(C)C. The van der Waals surface area contributed by atoms with Gasteiger partial charge in [0.25, 0.3) is 0 Å². The van der Waals surface area contributed by atoms with E-state index < -0.39 is 0 Å². The Morgan fingerprint density at radius 2 is 1.85 bits per heavy atom. The van der Waals surface area contributed by atoms with Gasteiger partial charge in [0.2, 0.25) is 0 Å². The third kappa shape index (κ3) is 9.13. The molecule has 0 radical (unpaired) electrons. The van der Waals surface area contributed by atoms with E-state index >= 15 is 0 Å². The maximum absolute atomic E-state index is 3.65. The Morgan fingerprint density at radius 1 is 1.15 bits per heavy atom. The van der Waals surface area contributed by atoms with E-state index in [9.17, 15) is 0 Å². The first-order valence-electron chi connectivity index (χ1n) is 5.12. The van der Waals surface area contributed by atoms with Crippen molar-refractivity contribution < 1.29 is 0 Å². The zero-order valence-electron chi connectivity index (χ0n) is 9.16. The van der Waals surface area contributed by atoms with E-state index in [0.717, 1.165) is 0 Å². The fourth-order valence-electron chi connectivity index (χ4n) is 1.09.